The lowest BCUT2D eigenvalue weighted by Gasteiger charge is -2.32. The second-order valence-electron chi connectivity index (χ2n) is 8.26. The first-order valence-electron chi connectivity index (χ1n) is 10.5. The van der Waals surface area contributed by atoms with E-state index in [1.807, 2.05) is 38.7 Å². The van der Waals surface area contributed by atoms with Gasteiger partial charge in [0.15, 0.2) is 0 Å². The summed E-state index contributed by atoms with van der Waals surface area (Å²) in [5.41, 5.74) is 4.63. The van der Waals surface area contributed by atoms with E-state index in [1.54, 1.807) is 4.68 Å². The highest BCUT2D eigenvalue weighted by molar-refractivity contribution is 5.79. The van der Waals surface area contributed by atoms with Gasteiger partial charge in [-0.05, 0) is 40.2 Å². The third-order valence-electron chi connectivity index (χ3n) is 6.11. The molecule has 1 atom stereocenters. The summed E-state index contributed by atoms with van der Waals surface area (Å²) >= 11 is 0. The summed E-state index contributed by atoms with van der Waals surface area (Å²) in [6, 6.07) is 2.44. The molecule has 2 fully saturated rings. The van der Waals surface area contributed by atoms with Crippen molar-refractivity contribution in [3.05, 3.63) is 34.4 Å². The van der Waals surface area contributed by atoms with Crippen LogP contribution in [0.2, 0.25) is 0 Å². The molecule has 0 spiro atoms. The maximum Gasteiger partial charge on any atom is 0.251 e. The summed E-state index contributed by atoms with van der Waals surface area (Å²) in [4.78, 5) is 26.6. The van der Waals surface area contributed by atoms with Crippen LogP contribution in [0, 0.1) is 27.7 Å². The molecule has 2 aliphatic heterocycles. The second-order valence-corrected chi connectivity index (χ2v) is 8.26. The molecule has 1 N–H and O–H groups in total. The molecule has 2 aliphatic rings. The molecule has 0 aliphatic carbocycles. The normalized spacial score (nSPS) is 20.4. The molecule has 8 heteroatoms. The Morgan fingerprint density at radius 1 is 1.10 bits per heavy atom. The first-order valence-corrected chi connectivity index (χ1v) is 10.5. The maximum absolute atomic E-state index is 13.0. The largest absolute Gasteiger partial charge is 0.341 e. The van der Waals surface area contributed by atoms with Crippen LogP contribution in [0.1, 0.15) is 34.8 Å². The highest BCUT2D eigenvalue weighted by atomic mass is 16.2. The van der Waals surface area contributed by atoms with E-state index in [1.165, 1.54) is 0 Å². The zero-order valence-corrected chi connectivity index (χ0v) is 17.9. The zero-order chi connectivity index (χ0) is 20.5. The quantitative estimate of drug-likeness (QED) is 0.827. The summed E-state index contributed by atoms with van der Waals surface area (Å²) < 4.78 is 1.77. The number of amides is 1. The number of carbonyl (C=O) groups excluding carboxylic acids is 1. The van der Waals surface area contributed by atoms with Gasteiger partial charge < -0.3 is 10.2 Å². The molecule has 29 heavy (non-hydrogen) atoms. The van der Waals surface area contributed by atoms with Crippen LogP contribution < -0.4 is 5.32 Å². The van der Waals surface area contributed by atoms with E-state index in [9.17, 15) is 4.79 Å². The van der Waals surface area contributed by atoms with Crippen molar-refractivity contribution in [1.82, 2.24) is 34.9 Å². The molecule has 0 radical (unpaired) electrons. The van der Waals surface area contributed by atoms with Crippen molar-refractivity contribution in [2.45, 2.75) is 46.6 Å². The first-order chi connectivity index (χ1) is 13.9. The Balaban J connectivity index is 1.47. The van der Waals surface area contributed by atoms with Crippen molar-refractivity contribution >= 4 is 5.91 Å². The van der Waals surface area contributed by atoms with Gasteiger partial charge in [-0.25, -0.2) is 14.6 Å². The van der Waals surface area contributed by atoms with Crippen molar-refractivity contribution in [2.24, 2.45) is 0 Å². The van der Waals surface area contributed by atoms with Crippen molar-refractivity contribution in [3.63, 3.8) is 0 Å². The summed E-state index contributed by atoms with van der Waals surface area (Å²) in [5, 5.41) is 8.03. The van der Waals surface area contributed by atoms with Gasteiger partial charge in [0, 0.05) is 68.0 Å². The second kappa shape index (κ2) is 8.20. The summed E-state index contributed by atoms with van der Waals surface area (Å²) in [7, 11) is 0. The predicted molar refractivity (Wildman–Crippen MR) is 111 cm³/mol. The van der Waals surface area contributed by atoms with E-state index in [4.69, 9.17) is 0 Å². The van der Waals surface area contributed by atoms with E-state index in [0.29, 0.717) is 18.4 Å². The van der Waals surface area contributed by atoms with Gasteiger partial charge >= 0.3 is 0 Å². The van der Waals surface area contributed by atoms with Gasteiger partial charge in [0.05, 0.1) is 12.1 Å². The molecule has 1 amide bonds. The predicted octanol–water partition coefficient (Wildman–Crippen LogP) is 0.945. The molecule has 2 saturated heterocycles. The van der Waals surface area contributed by atoms with Gasteiger partial charge in [-0.1, -0.05) is 0 Å². The number of carbonyl (C=O) groups is 1. The molecular formula is C21H31N7O. The van der Waals surface area contributed by atoms with E-state index in [2.05, 4.69) is 25.3 Å². The Morgan fingerprint density at radius 3 is 2.48 bits per heavy atom. The van der Waals surface area contributed by atoms with Crippen molar-refractivity contribution in [1.29, 1.82) is 0 Å². The van der Waals surface area contributed by atoms with Gasteiger partial charge in [0.2, 0.25) is 5.91 Å². The molecular weight excluding hydrogens is 366 g/mol. The fraction of sp³-hybridized carbons (Fsp3) is 0.619. The highest BCUT2D eigenvalue weighted by Crippen LogP contribution is 2.21. The third kappa shape index (κ3) is 4.18. The number of aryl methyl sites for hydroxylation is 3. The summed E-state index contributed by atoms with van der Waals surface area (Å²) in [6.07, 6.45) is 1.45. The van der Waals surface area contributed by atoms with E-state index in [0.717, 1.165) is 74.0 Å². The van der Waals surface area contributed by atoms with Crippen LogP contribution in [0.15, 0.2) is 6.07 Å². The molecule has 4 heterocycles. The Morgan fingerprint density at radius 2 is 1.79 bits per heavy atom. The molecule has 0 bridgehead atoms. The SMILES string of the molecule is Cc1cc(C)nc(-n2nc(C)c(CC(=O)N3CCC(N4CCNCC4)C3)c2C)n1. The summed E-state index contributed by atoms with van der Waals surface area (Å²) in [5.74, 6) is 0.761. The maximum atomic E-state index is 13.0. The van der Waals surface area contributed by atoms with Gasteiger partial charge in [-0.3, -0.25) is 9.69 Å². The standard InChI is InChI=1S/C21H31N7O/c1-14-11-15(2)24-21(23-14)28-17(4)19(16(3)25-28)12-20(29)27-8-5-18(13-27)26-9-6-22-7-10-26/h11,18,22H,5-10,12-13H2,1-4H3. The minimum atomic E-state index is 0.190. The Labute approximate surface area is 172 Å². The van der Waals surface area contributed by atoms with Crippen LogP contribution in [0.3, 0.4) is 0 Å². The lowest BCUT2D eigenvalue weighted by molar-refractivity contribution is -0.129. The Bertz CT molecular complexity index is 880. The first kappa shape index (κ1) is 20.0. The number of aromatic nitrogens is 4. The van der Waals surface area contributed by atoms with Crippen molar-refractivity contribution < 1.29 is 4.79 Å². The van der Waals surface area contributed by atoms with E-state index in [-0.39, 0.29) is 5.91 Å². The molecule has 1 unspecified atom stereocenters. The highest BCUT2D eigenvalue weighted by Gasteiger charge is 2.31. The Hall–Kier alpha value is -2.32. The number of nitrogens with one attached hydrogen (secondary N) is 1. The fourth-order valence-corrected chi connectivity index (χ4v) is 4.50. The fourth-order valence-electron chi connectivity index (χ4n) is 4.50. The average molecular weight is 398 g/mol. The van der Waals surface area contributed by atoms with Gasteiger partial charge in [-0.15, -0.1) is 0 Å². The molecule has 8 nitrogen and oxygen atoms in total. The number of likely N-dealkylation sites (tertiary alicyclic amines) is 1. The van der Waals surface area contributed by atoms with Gasteiger partial charge in [0.1, 0.15) is 0 Å². The molecule has 2 aromatic rings. The van der Waals surface area contributed by atoms with Crippen LogP contribution in [0.25, 0.3) is 5.95 Å². The van der Waals surface area contributed by atoms with Crippen LogP contribution in [0.5, 0.6) is 0 Å². The minimum Gasteiger partial charge on any atom is -0.341 e. The number of rotatable bonds is 4. The smallest absolute Gasteiger partial charge is 0.251 e. The van der Waals surface area contributed by atoms with E-state index < -0.39 is 0 Å². The van der Waals surface area contributed by atoms with Gasteiger partial charge in [-0.2, -0.15) is 5.10 Å². The molecule has 2 aromatic heterocycles. The number of piperazine rings is 1. The molecule has 0 saturated carbocycles. The molecule has 156 valence electrons. The number of hydrogen-bond donors (Lipinski definition) is 1. The molecule has 4 rings (SSSR count). The number of nitrogens with zero attached hydrogens (tertiary/aromatic N) is 6. The minimum absolute atomic E-state index is 0.190. The summed E-state index contributed by atoms with van der Waals surface area (Å²) in [6.45, 7) is 13.8. The lowest BCUT2D eigenvalue weighted by atomic mass is 10.1. The Kier molecular flexibility index (Phi) is 5.65. The average Bonchev–Trinajstić information content (AvgIpc) is 3.29. The topological polar surface area (TPSA) is 79.2 Å². The lowest BCUT2D eigenvalue weighted by Crippen LogP contribution is -2.49. The van der Waals surface area contributed by atoms with Crippen molar-refractivity contribution in [2.75, 3.05) is 39.3 Å². The van der Waals surface area contributed by atoms with Crippen LogP contribution in [-0.4, -0.2) is 80.8 Å². The molecule has 0 aromatic carbocycles. The van der Waals surface area contributed by atoms with Crippen LogP contribution >= 0.6 is 0 Å². The van der Waals surface area contributed by atoms with E-state index >= 15 is 0 Å². The van der Waals surface area contributed by atoms with Crippen molar-refractivity contribution in [3.8, 4) is 5.95 Å². The van der Waals surface area contributed by atoms with Crippen LogP contribution in [-0.2, 0) is 11.2 Å². The van der Waals surface area contributed by atoms with Gasteiger partial charge in [0.25, 0.3) is 5.95 Å². The third-order valence-corrected chi connectivity index (χ3v) is 6.11. The van der Waals surface area contributed by atoms with Crippen LogP contribution in [0.4, 0.5) is 0 Å². The number of hydrogen-bond acceptors (Lipinski definition) is 6. The monoisotopic (exact) mass is 397 g/mol. The zero-order valence-electron chi connectivity index (χ0n) is 17.9.